The van der Waals surface area contributed by atoms with E-state index in [1.54, 1.807) is 32.0 Å². The van der Waals surface area contributed by atoms with Crippen molar-refractivity contribution in [1.29, 1.82) is 5.26 Å². The van der Waals surface area contributed by atoms with Crippen LogP contribution >= 0.6 is 0 Å². The van der Waals surface area contributed by atoms with Crippen LogP contribution in [0.4, 0.5) is 5.69 Å². The molecular weight excluding hydrogens is 288 g/mol. The van der Waals surface area contributed by atoms with Gasteiger partial charge in [0.25, 0.3) is 0 Å². The van der Waals surface area contributed by atoms with Crippen molar-refractivity contribution < 1.29 is 8.42 Å². The van der Waals surface area contributed by atoms with E-state index in [2.05, 4.69) is 11.1 Å². The van der Waals surface area contributed by atoms with Gasteiger partial charge in [0.1, 0.15) is 4.90 Å². The fraction of sp³-hybridized carbons (Fsp3) is 0.357. The second-order valence-corrected chi connectivity index (χ2v) is 6.85. The molecule has 1 aromatic carbocycles. The molecule has 7 heteroatoms. The van der Waals surface area contributed by atoms with E-state index in [0.29, 0.717) is 23.1 Å². The van der Waals surface area contributed by atoms with Gasteiger partial charge < -0.3 is 10.7 Å². The maximum Gasteiger partial charge on any atom is 0.245 e. The molecule has 0 spiro atoms. The van der Waals surface area contributed by atoms with E-state index in [-0.39, 0.29) is 17.4 Å². The summed E-state index contributed by atoms with van der Waals surface area (Å²) in [5.74, 6) is -0.361. The second kappa shape index (κ2) is 5.76. The van der Waals surface area contributed by atoms with Crippen LogP contribution in [0.25, 0.3) is 10.9 Å². The van der Waals surface area contributed by atoms with Crippen molar-refractivity contribution in [3.8, 4) is 6.07 Å². The molecule has 1 aromatic heterocycles. The minimum absolute atomic E-state index is 0.178. The minimum atomic E-state index is -3.64. The Bertz CT molecular complexity index is 789. The molecule has 6 nitrogen and oxygen atoms in total. The van der Waals surface area contributed by atoms with Crippen LogP contribution in [-0.2, 0) is 10.0 Å². The zero-order valence-electron chi connectivity index (χ0n) is 12.0. The summed E-state index contributed by atoms with van der Waals surface area (Å²) in [7, 11) is -3.64. The number of nitrogens with zero attached hydrogens (tertiary/aromatic N) is 2. The molecule has 1 atom stereocenters. The fourth-order valence-corrected chi connectivity index (χ4v) is 3.91. The zero-order valence-corrected chi connectivity index (χ0v) is 12.8. The van der Waals surface area contributed by atoms with Crippen LogP contribution < -0.4 is 5.73 Å². The number of sulfonamides is 1. The highest BCUT2D eigenvalue weighted by Gasteiger charge is 2.27. The summed E-state index contributed by atoms with van der Waals surface area (Å²) >= 11 is 0. The molecular formula is C14H18N4O2S. The number of nitrogens with two attached hydrogens (primary N) is 1. The number of H-pyrrole nitrogens is 1. The highest BCUT2D eigenvalue weighted by Crippen LogP contribution is 2.27. The first kappa shape index (κ1) is 15.4. The number of benzene rings is 1. The molecule has 21 heavy (non-hydrogen) atoms. The van der Waals surface area contributed by atoms with Crippen LogP contribution in [0, 0.1) is 17.2 Å². The lowest BCUT2D eigenvalue weighted by atomic mass is 10.2. The number of anilines is 1. The van der Waals surface area contributed by atoms with Gasteiger partial charge in [-0.1, -0.05) is 6.92 Å². The van der Waals surface area contributed by atoms with E-state index < -0.39 is 10.0 Å². The van der Waals surface area contributed by atoms with Gasteiger partial charge in [0.2, 0.25) is 10.0 Å². The highest BCUT2D eigenvalue weighted by atomic mass is 32.2. The molecule has 0 bridgehead atoms. The molecule has 0 amide bonds. The Morgan fingerprint density at radius 2 is 2.19 bits per heavy atom. The van der Waals surface area contributed by atoms with Gasteiger partial charge in [-0.15, -0.1) is 0 Å². The van der Waals surface area contributed by atoms with Crippen LogP contribution in [0.15, 0.2) is 29.3 Å². The SMILES string of the molecule is CCN(CC(C)C#N)S(=O)(=O)c1c[nH]c2cc(N)ccc12. The maximum atomic E-state index is 12.7. The molecule has 0 radical (unpaired) electrons. The Labute approximate surface area is 124 Å². The Kier molecular flexibility index (Phi) is 4.21. The van der Waals surface area contributed by atoms with Gasteiger partial charge in [-0.25, -0.2) is 8.42 Å². The number of nitrogens with one attached hydrogen (secondary N) is 1. The average Bonchev–Trinajstić information content (AvgIpc) is 2.87. The van der Waals surface area contributed by atoms with Gasteiger partial charge in [0.15, 0.2) is 0 Å². The van der Waals surface area contributed by atoms with Crippen molar-refractivity contribution >= 4 is 26.6 Å². The average molecular weight is 306 g/mol. The van der Waals surface area contributed by atoms with Crippen molar-refractivity contribution in [2.75, 3.05) is 18.8 Å². The monoisotopic (exact) mass is 306 g/mol. The summed E-state index contributed by atoms with van der Waals surface area (Å²) in [5.41, 5.74) is 6.94. The van der Waals surface area contributed by atoms with E-state index in [1.165, 1.54) is 10.5 Å². The quantitative estimate of drug-likeness (QED) is 0.824. The highest BCUT2D eigenvalue weighted by molar-refractivity contribution is 7.89. The van der Waals surface area contributed by atoms with Gasteiger partial charge in [-0.2, -0.15) is 9.57 Å². The summed E-state index contributed by atoms with van der Waals surface area (Å²) < 4.78 is 26.8. The van der Waals surface area contributed by atoms with Gasteiger partial charge in [0.05, 0.1) is 12.0 Å². The third-order valence-corrected chi connectivity index (χ3v) is 5.32. The van der Waals surface area contributed by atoms with Crippen molar-refractivity contribution in [2.24, 2.45) is 5.92 Å². The first-order valence-corrected chi connectivity index (χ1v) is 8.10. The van der Waals surface area contributed by atoms with Crippen molar-refractivity contribution in [2.45, 2.75) is 18.7 Å². The lowest BCUT2D eigenvalue weighted by molar-refractivity contribution is 0.400. The number of hydrogen-bond acceptors (Lipinski definition) is 4. The molecule has 0 saturated heterocycles. The smallest absolute Gasteiger partial charge is 0.245 e. The van der Waals surface area contributed by atoms with Crippen molar-refractivity contribution in [1.82, 2.24) is 9.29 Å². The number of hydrogen-bond donors (Lipinski definition) is 2. The van der Waals surface area contributed by atoms with Gasteiger partial charge >= 0.3 is 0 Å². The Hall–Kier alpha value is -2.04. The third kappa shape index (κ3) is 2.86. The van der Waals surface area contributed by atoms with Crippen LogP contribution in [-0.4, -0.2) is 30.8 Å². The minimum Gasteiger partial charge on any atom is -0.399 e. The van der Waals surface area contributed by atoms with Crippen LogP contribution in [0.1, 0.15) is 13.8 Å². The standard InChI is InChI=1S/C14H18N4O2S/c1-3-18(9-10(2)7-15)21(19,20)14-8-17-13-6-11(16)4-5-12(13)14/h4-6,8,10,17H,3,9,16H2,1-2H3. The summed E-state index contributed by atoms with van der Waals surface area (Å²) in [6.07, 6.45) is 1.47. The van der Waals surface area contributed by atoms with Crippen molar-refractivity contribution in [3.63, 3.8) is 0 Å². The summed E-state index contributed by atoms with van der Waals surface area (Å²) in [4.78, 5) is 3.14. The largest absolute Gasteiger partial charge is 0.399 e. The van der Waals surface area contributed by atoms with E-state index in [9.17, 15) is 8.42 Å². The van der Waals surface area contributed by atoms with Gasteiger partial charge in [-0.3, -0.25) is 0 Å². The maximum absolute atomic E-state index is 12.7. The van der Waals surface area contributed by atoms with Crippen molar-refractivity contribution in [3.05, 3.63) is 24.4 Å². The second-order valence-electron chi connectivity index (χ2n) is 4.94. The van der Waals surface area contributed by atoms with E-state index in [4.69, 9.17) is 11.0 Å². The van der Waals surface area contributed by atoms with Gasteiger partial charge in [-0.05, 0) is 25.1 Å². The Balaban J connectivity index is 2.48. The molecule has 0 saturated carbocycles. The number of fused-ring (bicyclic) bond motifs is 1. The van der Waals surface area contributed by atoms with Crippen LogP contribution in [0.3, 0.4) is 0 Å². The fourth-order valence-electron chi connectivity index (χ4n) is 2.21. The molecule has 0 fully saturated rings. The lowest BCUT2D eigenvalue weighted by Crippen LogP contribution is -2.34. The molecule has 1 heterocycles. The molecule has 2 aromatic rings. The predicted molar refractivity (Wildman–Crippen MR) is 81.9 cm³/mol. The topological polar surface area (TPSA) is 103 Å². The Morgan fingerprint density at radius 1 is 1.48 bits per heavy atom. The molecule has 0 aliphatic carbocycles. The first-order chi connectivity index (χ1) is 9.90. The van der Waals surface area contributed by atoms with Crippen LogP contribution in [0.5, 0.6) is 0 Å². The van der Waals surface area contributed by atoms with E-state index >= 15 is 0 Å². The number of nitriles is 1. The molecule has 112 valence electrons. The summed E-state index contributed by atoms with van der Waals surface area (Å²) in [6, 6.07) is 7.12. The molecule has 3 N–H and O–H groups in total. The number of aromatic amines is 1. The number of aromatic nitrogens is 1. The molecule has 0 aliphatic heterocycles. The third-order valence-electron chi connectivity index (χ3n) is 3.34. The summed E-state index contributed by atoms with van der Waals surface area (Å²) in [6.45, 7) is 3.95. The normalized spacial score (nSPS) is 13.4. The predicted octanol–water partition coefficient (Wildman–Crippen LogP) is 1.92. The number of rotatable bonds is 5. The van der Waals surface area contributed by atoms with E-state index in [0.717, 1.165) is 0 Å². The van der Waals surface area contributed by atoms with E-state index in [1.807, 2.05) is 0 Å². The molecule has 2 rings (SSSR count). The van der Waals surface area contributed by atoms with Crippen LogP contribution in [0.2, 0.25) is 0 Å². The number of nitrogen functional groups attached to an aromatic ring is 1. The zero-order chi connectivity index (χ0) is 15.6. The lowest BCUT2D eigenvalue weighted by Gasteiger charge is -2.21. The summed E-state index contributed by atoms with van der Waals surface area (Å²) in [5, 5.41) is 9.49. The van der Waals surface area contributed by atoms with Gasteiger partial charge in [0, 0.05) is 35.9 Å². The molecule has 1 unspecified atom stereocenters. The Morgan fingerprint density at radius 3 is 2.81 bits per heavy atom. The first-order valence-electron chi connectivity index (χ1n) is 6.66. The molecule has 0 aliphatic rings.